The minimum Gasteiger partial charge on any atom is -0.371 e. The normalized spacial score (nSPS) is 29.8. The minimum absolute atomic E-state index is 0.392. The van der Waals surface area contributed by atoms with Crippen molar-refractivity contribution in [1.82, 2.24) is 9.55 Å². The van der Waals surface area contributed by atoms with E-state index >= 15 is 0 Å². The van der Waals surface area contributed by atoms with E-state index in [1.54, 1.807) is 0 Å². The maximum atomic E-state index is 5.53. The molecule has 2 rings (SSSR count). The van der Waals surface area contributed by atoms with E-state index in [2.05, 4.69) is 23.5 Å². The van der Waals surface area contributed by atoms with Crippen molar-refractivity contribution in [2.24, 2.45) is 18.9 Å². The molecule has 16 heavy (non-hydrogen) atoms. The van der Waals surface area contributed by atoms with Gasteiger partial charge in [-0.15, -0.1) is 11.8 Å². The fourth-order valence-corrected chi connectivity index (χ4v) is 4.12. The van der Waals surface area contributed by atoms with Crippen molar-refractivity contribution in [1.29, 1.82) is 0 Å². The first-order valence-electron chi connectivity index (χ1n) is 5.85. The van der Waals surface area contributed by atoms with Gasteiger partial charge in [-0.05, 0) is 30.4 Å². The molecule has 4 heteroatoms. The number of methoxy groups -OCH3 is 1. The summed E-state index contributed by atoms with van der Waals surface area (Å²) in [5, 5.41) is 0. The van der Waals surface area contributed by atoms with Crippen LogP contribution < -0.4 is 0 Å². The van der Waals surface area contributed by atoms with Crippen molar-refractivity contribution >= 4 is 11.8 Å². The molecular weight excluding hydrogens is 220 g/mol. The smallest absolute Gasteiger partial charge is 0.105 e. The van der Waals surface area contributed by atoms with Crippen LogP contribution in [-0.2, 0) is 18.2 Å². The highest BCUT2D eigenvalue weighted by Crippen LogP contribution is 2.40. The van der Waals surface area contributed by atoms with Gasteiger partial charge in [0.15, 0.2) is 0 Å². The Kier molecular flexibility index (Phi) is 3.92. The van der Waals surface area contributed by atoms with Crippen LogP contribution >= 0.6 is 11.8 Å². The molecule has 0 bridgehead atoms. The van der Waals surface area contributed by atoms with Gasteiger partial charge in [-0.2, -0.15) is 0 Å². The standard InChI is InChI=1S/C12H20N2OS/c1-4-11-9(7-16-12(11)15-3)5-10-6-13-8-14(10)2/h6,8-9,11-12H,4-5,7H2,1-3H3/t9?,11-,12?/m0/s1. The summed E-state index contributed by atoms with van der Waals surface area (Å²) in [7, 11) is 3.89. The predicted molar refractivity (Wildman–Crippen MR) is 67.4 cm³/mol. The fraction of sp³-hybridized carbons (Fsp3) is 0.750. The monoisotopic (exact) mass is 240 g/mol. The van der Waals surface area contributed by atoms with E-state index in [0.717, 1.165) is 12.3 Å². The molecule has 0 N–H and O–H groups in total. The summed E-state index contributed by atoms with van der Waals surface area (Å²) in [5.41, 5.74) is 1.73. The SMILES string of the molecule is CC[C@H]1C(Cc2cncn2C)CSC1OC. The van der Waals surface area contributed by atoms with E-state index < -0.39 is 0 Å². The molecule has 0 aromatic carbocycles. The number of rotatable bonds is 4. The Morgan fingerprint density at radius 2 is 2.44 bits per heavy atom. The van der Waals surface area contributed by atoms with E-state index in [-0.39, 0.29) is 0 Å². The van der Waals surface area contributed by atoms with E-state index in [0.29, 0.717) is 11.4 Å². The van der Waals surface area contributed by atoms with Gasteiger partial charge < -0.3 is 9.30 Å². The highest BCUT2D eigenvalue weighted by Gasteiger charge is 2.35. The third kappa shape index (κ3) is 2.28. The molecule has 3 nitrogen and oxygen atoms in total. The Balaban J connectivity index is 2.03. The third-order valence-corrected chi connectivity index (χ3v) is 5.01. The Hall–Kier alpha value is -0.480. The highest BCUT2D eigenvalue weighted by molar-refractivity contribution is 8.00. The minimum atomic E-state index is 0.392. The lowest BCUT2D eigenvalue weighted by Crippen LogP contribution is -2.22. The summed E-state index contributed by atoms with van der Waals surface area (Å²) >= 11 is 1.96. The van der Waals surface area contributed by atoms with Gasteiger partial charge in [0.05, 0.1) is 6.33 Å². The third-order valence-electron chi connectivity index (χ3n) is 3.52. The van der Waals surface area contributed by atoms with Crippen LogP contribution in [0.3, 0.4) is 0 Å². The Morgan fingerprint density at radius 3 is 3.00 bits per heavy atom. The van der Waals surface area contributed by atoms with Crippen LogP contribution in [0.2, 0.25) is 0 Å². The van der Waals surface area contributed by atoms with Crippen LogP contribution in [0.1, 0.15) is 19.0 Å². The fourth-order valence-electron chi connectivity index (χ4n) is 2.52. The first kappa shape index (κ1) is 12.0. The number of hydrogen-bond acceptors (Lipinski definition) is 3. The number of nitrogens with zero attached hydrogens (tertiary/aromatic N) is 2. The van der Waals surface area contributed by atoms with Gasteiger partial charge in [0, 0.05) is 26.0 Å². The first-order valence-corrected chi connectivity index (χ1v) is 6.90. The van der Waals surface area contributed by atoms with Crippen LogP contribution in [0.5, 0.6) is 0 Å². The maximum Gasteiger partial charge on any atom is 0.105 e. The lowest BCUT2D eigenvalue weighted by molar-refractivity contribution is 0.106. The summed E-state index contributed by atoms with van der Waals surface area (Å²) < 4.78 is 7.66. The zero-order valence-corrected chi connectivity index (χ0v) is 11.0. The molecule has 1 fully saturated rings. The highest BCUT2D eigenvalue weighted by atomic mass is 32.2. The number of thioether (sulfide) groups is 1. The molecule has 1 aliphatic heterocycles. The van der Waals surface area contributed by atoms with Crippen molar-refractivity contribution in [2.45, 2.75) is 25.2 Å². The lowest BCUT2D eigenvalue weighted by atomic mass is 9.89. The van der Waals surface area contributed by atoms with E-state index in [1.807, 2.05) is 31.4 Å². The summed E-state index contributed by atoms with van der Waals surface area (Å²) in [5.74, 6) is 2.63. The zero-order valence-electron chi connectivity index (χ0n) is 10.2. The second-order valence-corrected chi connectivity index (χ2v) is 5.60. The number of aryl methyl sites for hydroxylation is 1. The molecule has 0 spiro atoms. The molecule has 0 radical (unpaired) electrons. The van der Waals surface area contributed by atoms with Crippen LogP contribution in [-0.4, -0.2) is 27.8 Å². The topological polar surface area (TPSA) is 27.1 Å². The molecule has 1 aliphatic rings. The zero-order chi connectivity index (χ0) is 11.5. The maximum absolute atomic E-state index is 5.53. The average Bonchev–Trinajstić information content (AvgIpc) is 2.86. The average molecular weight is 240 g/mol. The number of imidazole rings is 1. The molecule has 3 atom stereocenters. The molecule has 2 heterocycles. The Morgan fingerprint density at radius 1 is 1.62 bits per heavy atom. The van der Waals surface area contributed by atoms with Crippen molar-refractivity contribution in [3.8, 4) is 0 Å². The molecule has 2 unspecified atom stereocenters. The molecule has 0 saturated carbocycles. The largest absolute Gasteiger partial charge is 0.371 e. The van der Waals surface area contributed by atoms with Crippen molar-refractivity contribution in [3.05, 3.63) is 18.2 Å². The van der Waals surface area contributed by atoms with Gasteiger partial charge in [0.2, 0.25) is 0 Å². The van der Waals surface area contributed by atoms with Gasteiger partial charge in [0.25, 0.3) is 0 Å². The van der Waals surface area contributed by atoms with Crippen LogP contribution in [0, 0.1) is 11.8 Å². The predicted octanol–water partition coefficient (Wildman–Crippen LogP) is 2.32. The molecule has 0 amide bonds. The summed E-state index contributed by atoms with van der Waals surface area (Å²) in [4.78, 5) is 4.18. The molecule has 90 valence electrons. The first-order chi connectivity index (χ1) is 7.76. The second-order valence-electron chi connectivity index (χ2n) is 4.47. The Labute approximate surface area is 102 Å². The van der Waals surface area contributed by atoms with E-state index in [1.165, 1.54) is 17.9 Å². The Bertz CT molecular complexity index is 340. The van der Waals surface area contributed by atoms with Crippen molar-refractivity contribution < 1.29 is 4.74 Å². The summed E-state index contributed by atoms with van der Waals surface area (Å²) in [6, 6.07) is 0. The van der Waals surface area contributed by atoms with Crippen LogP contribution in [0.25, 0.3) is 0 Å². The molecule has 1 saturated heterocycles. The van der Waals surface area contributed by atoms with E-state index in [4.69, 9.17) is 4.74 Å². The van der Waals surface area contributed by atoms with Crippen LogP contribution in [0.4, 0.5) is 0 Å². The quantitative estimate of drug-likeness (QED) is 0.808. The van der Waals surface area contributed by atoms with Crippen LogP contribution in [0.15, 0.2) is 12.5 Å². The van der Waals surface area contributed by atoms with Gasteiger partial charge >= 0.3 is 0 Å². The van der Waals surface area contributed by atoms with Gasteiger partial charge in [-0.1, -0.05) is 6.92 Å². The van der Waals surface area contributed by atoms with Crippen molar-refractivity contribution in [2.75, 3.05) is 12.9 Å². The number of hydrogen-bond donors (Lipinski definition) is 0. The summed E-state index contributed by atoms with van der Waals surface area (Å²) in [6.45, 7) is 2.26. The van der Waals surface area contributed by atoms with Gasteiger partial charge in [0.1, 0.15) is 5.44 Å². The molecule has 1 aromatic heterocycles. The van der Waals surface area contributed by atoms with E-state index in [9.17, 15) is 0 Å². The molecule has 0 aliphatic carbocycles. The second kappa shape index (κ2) is 5.23. The summed E-state index contributed by atoms with van der Waals surface area (Å²) in [6.07, 6.45) is 6.19. The lowest BCUT2D eigenvalue weighted by Gasteiger charge is -2.21. The number of ether oxygens (including phenoxy) is 1. The number of aromatic nitrogens is 2. The van der Waals surface area contributed by atoms with Gasteiger partial charge in [-0.3, -0.25) is 0 Å². The molecular formula is C12H20N2OS. The molecule has 1 aromatic rings. The van der Waals surface area contributed by atoms with Crippen molar-refractivity contribution in [3.63, 3.8) is 0 Å². The van der Waals surface area contributed by atoms with Gasteiger partial charge in [-0.25, -0.2) is 4.98 Å².